The molecule has 0 spiro atoms. The van der Waals surface area contributed by atoms with Gasteiger partial charge in [-0.25, -0.2) is 0 Å². The normalized spacial score (nSPS) is 39.9. The standard InChI is InChI=1S/C40H76N6O7S/c1-23-32-17-28(40(32,3)4)18-33(23)43-39(49)36-35(24(2)47)34(19-41)53-46(36)20-25-12-11-13-31(37(25)52-9)26-14-27(16-30(15-26)45(7)8)38(48)42-29(21-44(5)6)22-54(10,50)51/h23-37,47,50-51H,11-22,41H2,1-10H3,(H,42,48)(H,43,49)/t23-,24-,25?,26?,27?,28+,29+,30?,31?,32-,33-,34-,35+,36-,37?/m0/s1. The van der Waals surface area contributed by atoms with Gasteiger partial charge in [0.15, 0.2) is 0 Å². The molecule has 6 aliphatic rings. The van der Waals surface area contributed by atoms with Crippen molar-refractivity contribution in [2.24, 2.45) is 58.5 Å². The van der Waals surface area contributed by atoms with E-state index >= 15 is 0 Å². The van der Waals surface area contributed by atoms with Crippen LogP contribution in [-0.4, -0.2) is 150 Å². The predicted molar refractivity (Wildman–Crippen MR) is 215 cm³/mol. The van der Waals surface area contributed by atoms with Crippen LogP contribution in [0.2, 0.25) is 0 Å². The molecule has 1 aliphatic heterocycles. The Morgan fingerprint density at radius 1 is 1.07 bits per heavy atom. The third kappa shape index (κ3) is 9.78. The summed E-state index contributed by atoms with van der Waals surface area (Å²) < 4.78 is 26.9. The molecule has 5 saturated carbocycles. The highest BCUT2D eigenvalue weighted by atomic mass is 32.3. The molecule has 314 valence electrons. The lowest BCUT2D eigenvalue weighted by molar-refractivity contribution is -0.186. The van der Waals surface area contributed by atoms with Crippen molar-refractivity contribution in [3.63, 3.8) is 0 Å². The van der Waals surface area contributed by atoms with E-state index < -0.39 is 34.8 Å². The second-order valence-corrected chi connectivity index (χ2v) is 21.6. The molecule has 6 unspecified atom stereocenters. The van der Waals surface area contributed by atoms with E-state index in [1.165, 1.54) is 12.7 Å². The quantitative estimate of drug-likeness (QED) is 0.144. The number of amides is 2. The summed E-state index contributed by atoms with van der Waals surface area (Å²) in [5.74, 6) is 1.51. The molecule has 1 saturated heterocycles. The fourth-order valence-electron chi connectivity index (χ4n) is 11.7. The Balaban J connectivity index is 1.32. The van der Waals surface area contributed by atoms with Crippen LogP contribution in [0.5, 0.6) is 0 Å². The minimum atomic E-state index is -2.79. The average Bonchev–Trinajstić information content (AvgIpc) is 3.46. The van der Waals surface area contributed by atoms with E-state index in [-0.39, 0.29) is 72.0 Å². The second kappa shape index (κ2) is 17.8. The van der Waals surface area contributed by atoms with Gasteiger partial charge in [0.25, 0.3) is 0 Å². The number of carbonyl (C=O) groups excluding carboxylic acids is 2. The van der Waals surface area contributed by atoms with Crippen molar-refractivity contribution in [1.82, 2.24) is 25.5 Å². The number of rotatable bonds is 15. The van der Waals surface area contributed by atoms with Crippen LogP contribution in [0.1, 0.15) is 79.1 Å². The molecule has 1 heterocycles. The van der Waals surface area contributed by atoms with Crippen LogP contribution in [0.3, 0.4) is 0 Å². The van der Waals surface area contributed by atoms with Gasteiger partial charge in [0.1, 0.15) is 6.04 Å². The summed E-state index contributed by atoms with van der Waals surface area (Å²) in [6.07, 6.45) is 7.71. The van der Waals surface area contributed by atoms with Crippen LogP contribution >= 0.6 is 10.6 Å². The number of aliphatic hydroxyl groups excluding tert-OH is 1. The summed E-state index contributed by atoms with van der Waals surface area (Å²) in [5, 5.41) is 19.5. The Labute approximate surface area is 327 Å². The maximum Gasteiger partial charge on any atom is 0.240 e. The van der Waals surface area contributed by atoms with E-state index in [1.807, 2.05) is 24.1 Å². The molecular weight excluding hydrogens is 709 g/mol. The maximum absolute atomic E-state index is 14.4. The SMILES string of the molecule is COC1C(CN2O[C@@H](CN)[C@@H]([C@H](C)O)[C@H]2C(=O)N[C@H]2C[C@H]3C[C@@H]([C@@H]2C)C3(C)C)CCCC1C1CC(C(=O)N[C@H](CN(C)C)CS(C)(O)O)CC(N(C)C)C1. The number of nitrogens with one attached hydrogen (secondary N) is 2. The molecule has 6 rings (SSSR count). The van der Waals surface area contributed by atoms with E-state index in [4.69, 9.17) is 15.3 Å². The summed E-state index contributed by atoms with van der Waals surface area (Å²) in [7, 11) is 7.01. The van der Waals surface area contributed by atoms with Gasteiger partial charge < -0.3 is 36.0 Å². The zero-order valence-corrected chi connectivity index (χ0v) is 35.8. The number of ether oxygens (including phenoxy) is 1. The number of nitrogens with two attached hydrogens (primary N) is 1. The van der Waals surface area contributed by atoms with Gasteiger partial charge in [-0.15, -0.1) is 0 Å². The first-order chi connectivity index (χ1) is 25.2. The number of fused-ring (bicyclic) bond motifs is 2. The molecule has 0 aromatic heterocycles. The van der Waals surface area contributed by atoms with Gasteiger partial charge >= 0.3 is 0 Å². The average molecular weight is 785 g/mol. The zero-order chi connectivity index (χ0) is 39.9. The molecule has 2 amide bonds. The largest absolute Gasteiger partial charge is 0.393 e. The van der Waals surface area contributed by atoms with Crippen molar-refractivity contribution in [2.75, 3.05) is 66.9 Å². The Bertz CT molecular complexity index is 1270. The highest BCUT2D eigenvalue weighted by Crippen LogP contribution is 2.61. The van der Waals surface area contributed by atoms with E-state index in [1.54, 1.807) is 14.0 Å². The molecule has 0 aromatic rings. The third-order valence-corrected chi connectivity index (χ3v) is 15.7. The number of hydrogen-bond acceptors (Lipinski definition) is 11. The number of likely N-dealkylation sites (N-methyl/N-ethyl adjacent to an activating group) is 1. The van der Waals surface area contributed by atoms with Crippen LogP contribution in [0.15, 0.2) is 0 Å². The number of hydrogen-bond donors (Lipinski definition) is 6. The monoisotopic (exact) mass is 785 g/mol. The molecule has 13 nitrogen and oxygen atoms in total. The summed E-state index contributed by atoms with van der Waals surface area (Å²) in [4.78, 5) is 39.0. The topological polar surface area (TPSA) is 173 Å². The Hall–Kier alpha value is -1.07. The van der Waals surface area contributed by atoms with Crippen LogP contribution in [-0.2, 0) is 19.2 Å². The first-order valence-corrected chi connectivity index (χ1v) is 22.8. The fraction of sp³-hybridized carbons (Fsp3) is 0.950. The first-order valence-electron chi connectivity index (χ1n) is 20.7. The van der Waals surface area contributed by atoms with Crippen LogP contribution < -0.4 is 16.4 Å². The van der Waals surface area contributed by atoms with Gasteiger partial charge in [0, 0.05) is 62.8 Å². The lowest BCUT2D eigenvalue weighted by Gasteiger charge is -2.62. The van der Waals surface area contributed by atoms with Gasteiger partial charge in [-0.1, -0.05) is 27.2 Å². The van der Waals surface area contributed by atoms with Crippen molar-refractivity contribution in [2.45, 2.75) is 122 Å². The molecule has 54 heavy (non-hydrogen) atoms. The predicted octanol–water partition coefficient (Wildman–Crippen LogP) is 3.32. The van der Waals surface area contributed by atoms with E-state index in [2.05, 4.69) is 50.4 Å². The lowest BCUT2D eigenvalue weighted by atomic mass is 9.45. The number of aliphatic hydroxyl groups is 1. The van der Waals surface area contributed by atoms with Crippen molar-refractivity contribution < 1.29 is 33.4 Å². The molecule has 6 fully saturated rings. The Morgan fingerprint density at radius 2 is 1.78 bits per heavy atom. The smallest absolute Gasteiger partial charge is 0.240 e. The Kier molecular flexibility index (Phi) is 14.5. The van der Waals surface area contributed by atoms with Crippen molar-refractivity contribution >= 4 is 22.4 Å². The first kappa shape index (κ1) is 44.0. The van der Waals surface area contributed by atoms with E-state index in [0.717, 1.165) is 44.9 Å². The number of hydroxylamine groups is 2. The van der Waals surface area contributed by atoms with Crippen LogP contribution in [0.4, 0.5) is 0 Å². The summed E-state index contributed by atoms with van der Waals surface area (Å²) in [6.45, 7) is 9.97. The number of methoxy groups -OCH3 is 1. The number of nitrogens with zero attached hydrogens (tertiary/aromatic N) is 3. The van der Waals surface area contributed by atoms with Crippen LogP contribution in [0.25, 0.3) is 0 Å². The van der Waals surface area contributed by atoms with E-state index in [0.29, 0.717) is 36.3 Å². The maximum atomic E-state index is 14.4. The van der Waals surface area contributed by atoms with Crippen molar-refractivity contribution in [3.05, 3.63) is 0 Å². The third-order valence-electron chi connectivity index (χ3n) is 14.7. The van der Waals surface area contributed by atoms with Gasteiger partial charge in [-0.3, -0.25) is 23.5 Å². The van der Waals surface area contributed by atoms with Crippen molar-refractivity contribution in [1.29, 1.82) is 0 Å². The summed E-state index contributed by atoms with van der Waals surface area (Å²) >= 11 is 0. The summed E-state index contributed by atoms with van der Waals surface area (Å²) in [6, 6.07) is -0.695. The molecule has 7 N–H and O–H groups in total. The van der Waals surface area contributed by atoms with E-state index in [9.17, 15) is 23.8 Å². The number of carbonyl (C=O) groups is 2. The van der Waals surface area contributed by atoms with Gasteiger partial charge in [0.05, 0.1) is 30.1 Å². The van der Waals surface area contributed by atoms with Gasteiger partial charge in [-0.2, -0.15) is 15.7 Å². The van der Waals surface area contributed by atoms with Crippen LogP contribution in [0, 0.1) is 52.8 Å². The highest BCUT2D eigenvalue weighted by molar-refractivity contribution is 8.23. The minimum absolute atomic E-state index is 0.0205. The molecule has 15 atom stereocenters. The lowest BCUT2D eigenvalue weighted by Crippen LogP contribution is -2.62. The van der Waals surface area contributed by atoms with Gasteiger partial charge in [-0.05, 0) is 115 Å². The minimum Gasteiger partial charge on any atom is -0.393 e. The molecule has 0 aromatic carbocycles. The fourth-order valence-corrected chi connectivity index (χ4v) is 12.7. The molecule has 5 aliphatic carbocycles. The van der Waals surface area contributed by atoms with Crippen molar-refractivity contribution in [3.8, 4) is 0 Å². The summed E-state index contributed by atoms with van der Waals surface area (Å²) in [5.41, 5.74) is 6.54. The Morgan fingerprint density at radius 3 is 2.33 bits per heavy atom. The molecular formula is C40H76N6O7S. The molecule has 2 bridgehead atoms. The van der Waals surface area contributed by atoms with Gasteiger partial charge in [0.2, 0.25) is 11.8 Å². The second-order valence-electron chi connectivity index (χ2n) is 19.3. The molecule has 0 radical (unpaired) electrons. The highest BCUT2D eigenvalue weighted by Gasteiger charge is 2.58. The zero-order valence-electron chi connectivity index (χ0n) is 34.9. The molecule has 14 heteroatoms.